The van der Waals surface area contributed by atoms with E-state index in [1.165, 1.54) is 6.33 Å². The predicted molar refractivity (Wildman–Crippen MR) is 150 cm³/mol. The van der Waals surface area contributed by atoms with E-state index in [9.17, 15) is 13.2 Å². The third-order valence-corrected chi connectivity index (χ3v) is 10.6. The molecule has 0 unspecified atom stereocenters. The van der Waals surface area contributed by atoms with Crippen LogP contribution in [0.25, 0.3) is 0 Å². The lowest BCUT2D eigenvalue weighted by atomic mass is 9.89. The second-order valence-electron chi connectivity index (χ2n) is 11.3. The van der Waals surface area contributed by atoms with Gasteiger partial charge in [-0.2, -0.15) is 5.10 Å². The Kier molecular flexibility index (Phi) is 7.81. The number of carbonyl (C=O) groups is 1. The van der Waals surface area contributed by atoms with Gasteiger partial charge in [-0.1, -0.05) is 47.5 Å². The number of hydrogen-bond acceptors (Lipinski definition) is 6. The van der Waals surface area contributed by atoms with Crippen molar-refractivity contribution in [2.24, 2.45) is 5.92 Å². The number of nitrogens with zero attached hydrogens (tertiary/aromatic N) is 3. The summed E-state index contributed by atoms with van der Waals surface area (Å²) in [4.78, 5) is 20.3. The molecule has 5 rings (SSSR count). The molecule has 1 N–H and O–H groups in total. The number of benzene rings is 2. The number of rotatable bonds is 8. The average molecular weight is 592 g/mol. The van der Waals surface area contributed by atoms with Crippen molar-refractivity contribution in [3.8, 4) is 0 Å². The zero-order valence-electron chi connectivity index (χ0n) is 22.1. The van der Waals surface area contributed by atoms with Gasteiger partial charge >= 0.3 is 0 Å². The number of nitrogens with one attached hydrogen (secondary N) is 1. The molecule has 2 heterocycles. The maximum Gasteiger partial charge on any atom is 0.253 e. The molecule has 1 aliphatic heterocycles. The molecular weight excluding hydrogens is 559 g/mol. The van der Waals surface area contributed by atoms with Crippen molar-refractivity contribution in [3.63, 3.8) is 0 Å². The van der Waals surface area contributed by atoms with Crippen LogP contribution in [0.3, 0.4) is 0 Å². The van der Waals surface area contributed by atoms with Crippen LogP contribution in [0.4, 0.5) is 0 Å². The van der Waals surface area contributed by atoms with Crippen LogP contribution in [-0.2, 0) is 25.8 Å². The number of morpholine rings is 1. The summed E-state index contributed by atoms with van der Waals surface area (Å²) in [5.41, 5.74) is 1.59. The van der Waals surface area contributed by atoms with E-state index in [1.54, 1.807) is 43.9 Å². The van der Waals surface area contributed by atoms with Crippen molar-refractivity contribution in [3.05, 3.63) is 81.9 Å². The number of aromatic amines is 1. The van der Waals surface area contributed by atoms with Gasteiger partial charge in [-0.25, -0.2) is 13.4 Å². The molecule has 0 bridgehead atoms. The zero-order valence-corrected chi connectivity index (χ0v) is 24.4. The highest BCUT2D eigenvalue weighted by atomic mass is 35.5. The fourth-order valence-corrected chi connectivity index (χ4v) is 6.81. The number of ether oxygens (including phenoxy) is 1. The minimum atomic E-state index is -3.55. The fraction of sp³-hybridized carbons (Fsp3) is 0.464. The molecule has 1 aromatic heterocycles. The van der Waals surface area contributed by atoms with Crippen molar-refractivity contribution < 1.29 is 17.9 Å². The average Bonchev–Trinajstić information content (AvgIpc) is 3.59. The number of halogens is 2. The van der Waals surface area contributed by atoms with E-state index in [0.717, 1.165) is 24.0 Å². The van der Waals surface area contributed by atoms with Crippen LogP contribution >= 0.6 is 23.2 Å². The van der Waals surface area contributed by atoms with E-state index in [0.29, 0.717) is 15.9 Å². The molecule has 0 spiro atoms. The molecular formula is C28H32Cl2N4O4S. The van der Waals surface area contributed by atoms with Crippen molar-refractivity contribution in [1.29, 1.82) is 0 Å². The zero-order chi connectivity index (χ0) is 27.9. The Morgan fingerprint density at radius 3 is 2.38 bits per heavy atom. The molecule has 11 heteroatoms. The number of H-pyrrole nitrogens is 1. The van der Waals surface area contributed by atoms with Crippen LogP contribution in [0.15, 0.2) is 54.9 Å². The Morgan fingerprint density at radius 1 is 1.08 bits per heavy atom. The number of hydrogen-bond donors (Lipinski definition) is 1. The van der Waals surface area contributed by atoms with E-state index in [4.69, 9.17) is 27.9 Å². The maximum atomic E-state index is 14.3. The van der Waals surface area contributed by atoms with E-state index in [1.807, 2.05) is 30.3 Å². The Balaban J connectivity index is 1.66. The highest BCUT2D eigenvalue weighted by Crippen LogP contribution is 2.48. The molecule has 208 valence electrons. The first-order valence-corrected chi connectivity index (χ1v) is 15.4. The van der Waals surface area contributed by atoms with Crippen molar-refractivity contribution in [2.45, 2.75) is 69.1 Å². The predicted octanol–water partition coefficient (Wildman–Crippen LogP) is 5.36. The van der Waals surface area contributed by atoms with Gasteiger partial charge in [0.25, 0.3) is 5.91 Å². The minimum Gasteiger partial charge on any atom is -0.357 e. The molecule has 1 saturated heterocycles. The SMILES string of the molecule is CC(C)(C)S(=O)(=O)C[C@H](C1CC1)N1C(=O)[C@@H](Cc2ncn[nH]2)O[C@H](c2cccc(Cl)c2)[C@H]1c1ccc(Cl)cc1. The molecule has 3 aromatic rings. The van der Waals surface area contributed by atoms with Gasteiger partial charge in [0.1, 0.15) is 24.4 Å². The molecule has 39 heavy (non-hydrogen) atoms. The van der Waals surface area contributed by atoms with E-state index in [-0.39, 0.29) is 24.0 Å². The summed E-state index contributed by atoms with van der Waals surface area (Å²) in [5.74, 6) is 0.179. The summed E-state index contributed by atoms with van der Waals surface area (Å²) in [5, 5.41) is 7.82. The molecule has 8 nitrogen and oxygen atoms in total. The van der Waals surface area contributed by atoms with Gasteiger partial charge < -0.3 is 9.64 Å². The normalized spacial score (nSPS) is 23.2. The monoisotopic (exact) mass is 590 g/mol. The van der Waals surface area contributed by atoms with Gasteiger partial charge in [-0.3, -0.25) is 9.89 Å². The summed E-state index contributed by atoms with van der Waals surface area (Å²) >= 11 is 12.6. The lowest BCUT2D eigenvalue weighted by molar-refractivity contribution is -0.179. The molecule has 2 aliphatic rings. The van der Waals surface area contributed by atoms with Gasteiger partial charge in [-0.05, 0) is 74.9 Å². The van der Waals surface area contributed by atoms with E-state index < -0.39 is 38.9 Å². The quantitative estimate of drug-likeness (QED) is 0.379. The third-order valence-electron chi connectivity index (χ3n) is 7.51. The number of carbonyl (C=O) groups excluding carboxylic acids is 1. The second kappa shape index (κ2) is 10.8. The molecule has 2 aromatic carbocycles. The minimum absolute atomic E-state index is 0.0740. The smallest absolute Gasteiger partial charge is 0.253 e. The van der Waals surface area contributed by atoms with Crippen LogP contribution in [-0.4, -0.2) is 57.1 Å². The largest absolute Gasteiger partial charge is 0.357 e. The van der Waals surface area contributed by atoms with Crippen LogP contribution in [0.2, 0.25) is 10.0 Å². The maximum absolute atomic E-state index is 14.3. The summed E-state index contributed by atoms with van der Waals surface area (Å²) in [6, 6.07) is 13.5. The lowest BCUT2D eigenvalue weighted by Crippen LogP contribution is -2.58. The van der Waals surface area contributed by atoms with Crippen molar-refractivity contribution >= 4 is 38.9 Å². The molecule has 1 saturated carbocycles. The van der Waals surface area contributed by atoms with Crippen molar-refractivity contribution in [2.75, 3.05) is 5.75 Å². The fourth-order valence-electron chi connectivity index (χ4n) is 5.11. The van der Waals surface area contributed by atoms with Gasteiger partial charge in [0, 0.05) is 22.5 Å². The van der Waals surface area contributed by atoms with E-state index in [2.05, 4.69) is 15.2 Å². The van der Waals surface area contributed by atoms with Crippen LogP contribution in [0, 0.1) is 5.92 Å². The first-order chi connectivity index (χ1) is 18.4. The van der Waals surface area contributed by atoms with Crippen LogP contribution < -0.4 is 0 Å². The first-order valence-electron chi connectivity index (χ1n) is 13.0. The van der Waals surface area contributed by atoms with Gasteiger partial charge in [0.05, 0.1) is 16.5 Å². The highest BCUT2D eigenvalue weighted by Gasteiger charge is 2.52. The van der Waals surface area contributed by atoms with E-state index >= 15 is 0 Å². The summed E-state index contributed by atoms with van der Waals surface area (Å²) in [6.45, 7) is 5.10. The van der Waals surface area contributed by atoms with Gasteiger partial charge in [0.15, 0.2) is 9.84 Å². The van der Waals surface area contributed by atoms with Gasteiger partial charge in [-0.15, -0.1) is 0 Å². The molecule has 4 atom stereocenters. The summed E-state index contributed by atoms with van der Waals surface area (Å²) in [7, 11) is -3.55. The Labute approximate surface area is 239 Å². The third kappa shape index (κ3) is 6.01. The lowest BCUT2D eigenvalue weighted by Gasteiger charge is -2.48. The molecule has 1 aliphatic carbocycles. The molecule has 0 radical (unpaired) electrons. The topological polar surface area (TPSA) is 105 Å². The molecule has 2 fully saturated rings. The standard InChI is InChI=1S/C28H32Cl2N4O4S/c1-28(2,3)39(36,37)15-22(17-7-8-17)34-25(18-9-11-20(29)12-10-18)26(19-5-4-6-21(30)13-19)38-23(27(34)35)14-24-31-16-32-33-24/h4-6,9-13,16-17,22-23,25-26H,7-8,14-15H2,1-3H3,(H,31,32,33)/t22-,23-,25-,26-/m1/s1. The molecule has 1 amide bonds. The summed E-state index contributed by atoms with van der Waals surface area (Å²) < 4.78 is 32.7. The van der Waals surface area contributed by atoms with Crippen LogP contribution in [0.1, 0.15) is 62.7 Å². The number of aromatic nitrogens is 3. The van der Waals surface area contributed by atoms with Crippen LogP contribution in [0.5, 0.6) is 0 Å². The number of sulfone groups is 1. The highest BCUT2D eigenvalue weighted by molar-refractivity contribution is 7.92. The Morgan fingerprint density at radius 2 is 1.79 bits per heavy atom. The van der Waals surface area contributed by atoms with Crippen molar-refractivity contribution in [1.82, 2.24) is 20.1 Å². The second-order valence-corrected chi connectivity index (χ2v) is 14.9. The Bertz CT molecular complexity index is 1420. The Hall–Kier alpha value is -2.46. The number of amides is 1. The summed E-state index contributed by atoms with van der Waals surface area (Å²) in [6.07, 6.45) is 1.75. The van der Waals surface area contributed by atoms with Gasteiger partial charge in [0.2, 0.25) is 0 Å². The first kappa shape index (κ1) is 28.1.